The van der Waals surface area contributed by atoms with E-state index in [2.05, 4.69) is 27.6 Å². The molecule has 0 aromatic heterocycles. The first kappa shape index (κ1) is 19.5. The zero-order valence-electron chi connectivity index (χ0n) is 15.9. The molecule has 0 saturated carbocycles. The minimum Gasteiger partial charge on any atom is -0.372 e. The van der Waals surface area contributed by atoms with Crippen molar-refractivity contribution < 1.29 is 9.72 Å². The average Bonchev–Trinajstić information content (AvgIpc) is 3.01. The lowest BCUT2D eigenvalue weighted by molar-refractivity contribution is -0.384. The molecule has 0 atom stereocenters. The van der Waals surface area contributed by atoms with Gasteiger partial charge in [0.05, 0.1) is 10.6 Å². The second-order valence-corrected chi connectivity index (χ2v) is 6.89. The average molecular weight is 380 g/mol. The van der Waals surface area contributed by atoms with E-state index in [9.17, 15) is 14.9 Å². The zero-order chi connectivity index (χ0) is 19.9. The van der Waals surface area contributed by atoms with Gasteiger partial charge in [-0.25, -0.2) is 5.43 Å². The number of carbonyl (C=O) groups is 1. The number of hydrogen-bond acceptors (Lipinski definition) is 5. The fraction of sp³-hybridized carbons (Fsp3) is 0.333. The Morgan fingerprint density at radius 2 is 1.54 bits per heavy atom. The molecule has 0 spiro atoms. The number of non-ortho nitro benzene ring substituents is 1. The van der Waals surface area contributed by atoms with Gasteiger partial charge in [0.25, 0.3) is 11.6 Å². The van der Waals surface area contributed by atoms with Crippen LogP contribution in [-0.4, -0.2) is 29.6 Å². The Bertz CT molecular complexity index is 852. The van der Waals surface area contributed by atoms with Gasteiger partial charge in [-0.15, -0.1) is 0 Å². The van der Waals surface area contributed by atoms with Crippen LogP contribution in [0.5, 0.6) is 0 Å². The predicted molar refractivity (Wildman–Crippen MR) is 110 cm³/mol. The molecule has 146 valence electrons. The summed E-state index contributed by atoms with van der Waals surface area (Å²) in [4.78, 5) is 24.8. The quantitative estimate of drug-likeness (QED) is 0.480. The van der Waals surface area contributed by atoms with Gasteiger partial charge in [-0.1, -0.05) is 25.0 Å². The van der Waals surface area contributed by atoms with Crippen LogP contribution >= 0.6 is 0 Å². The molecule has 1 N–H and O–H groups in total. The van der Waals surface area contributed by atoms with Crippen molar-refractivity contribution in [3.8, 4) is 0 Å². The van der Waals surface area contributed by atoms with Gasteiger partial charge in [-0.3, -0.25) is 14.9 Å². The van der Waals surface area contributed by atoms with Crippen molar-refractivity contribution >= 4 is 23.0 Å². The van der Waals surface area contributed by atoms with Gasteiger partial charge < -0.3 is 4.90 Å². The summed E-state index contributed by atoms with van der Waals surface area (Å²) in [7, 11) is 0. The van der Waals surface area contributed by atoms with Gasteiger partial charge in [0, 0.05) is 36.5 Å². The molecule has 0 bridgehead atoms. The van der Waals surface area contributed by atoms with Crippen LogP contribution < -0.4 is 10.3 Å². The molecule has 0 radical (unpaired) electrons. The van der Waals surface area contributed by atoms with E-state index in [0.717, 1.165) is 18.7 Å². The molecule has 0 aliphatic carbocycles. The summed E-state index contributed by atoms with van der Waals surface area (Å²) in [5.74, 6) is -0.407. The number of benzene rings is 2. The number of nitro benzene ring substituents is 1. The maximum absolute atomic E-state index is 12.2. The van der Waals surface area contributed by atoms with E-state index < -0.39 is 10.8 Å². The number of nitrogens with zero attached hydrogens (tertiary/aromatic N) is 3. The van der Waals surface area contributed by atoms with Crippen LogP contribution in [0.4, 0.5) is 11.4 Å². The Morgan fingerprint density at radius 1 is 0.964 bits per heavy atom. The van der Waals surface area contributed by atoms with Crippen molar-refractivity contribution in [1.82, 2.24) is 5.43 Å². The molecule has 0 unspecified atom stereocenters. The van der Waals surface area contributed by atoms with Gasteiger partial charge in [0.15, 0.2) is 0 Å². The highest BCUT2D eigenvalue weighted by Gasteiger charge is 2.11. The van der Waals surface area contributed by atoms with Crippen LogP contribution in [-0.2, 0) is 0 Å². The van der Waals surface area contributed by atoms with Gasteiger partial charge in [-0.05, 0) is 49.6 Å². The van der Waals surface area contributed by atoms with Gasteiger partial charge >= 0.3 is 0 Å². The normalized spacial score (nSPS) is 15.0. The van der Waals surface area contributed by atoms with Crippen molar-refractivity contribution in [1.29, 1.82) is 0 Å². The number of hydrazone groups is 1. The summed E-state index contributed by atoms with van der Waals surface area (Å²) < 4.78 is 0. The lowest BCUT2D eigenvalue weighted by Gasteiger charge is -2.22. The summed E-state index contributed by atoms with van der Waals surface area (Å²) >= 11 is 0. The number of nitrogens with one attached hydrogen (secondary N) is 1. The summed E-state index contributed by atoms with van der Waals surface area (Å²) in [6.07, 6.45) is 5.07. The number of rotatable bonds is 5. The van der Waals surface area contributed by atoms with Gasteiger partial charge in [-0.2, -0.15) is 5.10 Å². The Hall–Kier alpha value is -3.22. The summed E-state index contributed by atoms with van der Waals surface area (Å²) in [5.41, 5.74) is 5.61. The summed E-state index contributed by atoms with van der Waals surface area (Å²) in [6.45, 7) is 4.02. The van der Waals surface area contributed by atoms with E-state index in [-0.39, 0.29) is 5.69 Å². The summed E-state index contributed by atoms with van der Waals surface area (Å²) in [5, 5.41) is 14.8. The van der Waals surface area contributed by atoms with Crippen LogP contribution in [0.15, 0.2) is 53.6 Å². The summed E-state index contributed by atoms with van der Waals surface area (Å²) in [6, 6.07) is 13.6. The zero-order valence-corrected chi connectivity index (χ0v) is 15.9. The number of amides is 1. The number of hydrogen-bond donors (Lipinski definition) is 1. The minimum atomic E-state index is -0.501. The molecule has 3 rings (SSSR count). The largest absolute Gasteiger partial charge is 0.372 e. The molecule has 2 aromatic rings. The molecule has 7 heteroatoms. The molecule has 2 aromatic carbocycles. The predicted octanol–water partition coefficient (Wildman–Crippen LogP) is 4.13. The molecule has 1 aliphatic heterocycles. The van der Waals surface area contributed by atoms with Crippen LogP contribution in [0.2, 0.25) is 0 Å². The molecule has 1 heterocycles. The highest BCUT2D eigenvalue weighted by atomic mass is 16.6. The maximum Gasteiger partial charge on any atom is 0.271 e. The van der Waals surface area contributed by atoms with Crippen molar-refractivity contribution in [2.75, 3.05) is 18.0 Å². The monoisotopic (exact) mass is 380 g/mol. The third-order valence-corrected chi connectivity index (χ3v) is 4.92. The third-order valence-electron chi connectivity index (χ3n) is 4.92. The van der Waals surface area contributed by atoms with Gasteiger partial charge in [0.2, 0.25) is 0 Å². The van der Waals surface area contributed by atoms with E-state index in [1.807, 2.05) is 19.1 Å². The van der Waals surface area contributed by atoms with Crippen LogP contribution in [0.3, 0.4) is 0 Å². The smallest absolute Gasteiger partial charge is 0.271 e. The molecule has 1 amide bonds. The first-order valence-corrected chi connectivity index (χ1v) is 9.49. The molecular weight excluding hydrogens is 356 g/mol. The van der Waals surface area contributed by atoms with Crippen molar-refractivity contribution in [3.05, 3.63) is 69.8 Å². The maximum atomic E-state index is 12.2. The number of anilines is 1. The fourth-order valence-electron chi connectivity index (χ4n) is 3.24. The molecule has 1 aliphatic rings. The van der Waals surface area contributed by atoms with Crippen LogP contribution in [0.1, 0.15) is 48.5 Å². The van der Waals surface area contributed by atoms with Crippen molar-refractivity contribution in [2.24, 2.45) is 5.10 Å². The lowest BCUT2D eigenvalue weighted by atomic mass is 10.1. The van der Waals surface area contributed by atoms with Crippen LogP contribution in [0, 0.1) is 10.1 Å². The van der Waals surface area contributed by atoms with E-state index in [1.54, 1.807) is 0 Å². The number of nitro groups is 1. The molecule has 7 nitrogen and oxygen atoms in total. The van der Waals surface area contributed by atoms with E-state index in [4.69, 9.17) is 0 Å². The highest BCUT2D eigenvalue weighted by molar-refractivity contribution is 6.01. The third kappa shape index (κ3) is 4.94. The van der Waals surface area contributed by atoms with E-state index in [1.165, 1.54) is 55.6 Å². The number of carbonyl (C=O) groups excluding carboxylic acids is 1. The lowest BCUT2D eigenvalue weighted by Crippen LogP contribution is -2.23. The second kappa shape index (κ2) is 9.12. The molecular formula is C21H24N4O3. The van der Waals surface area contributed by atoms with E-state index in [0.29, 0.717) is 11.3 Å². The second-order valence-electron chi connectivity index (χ2n) is 6.89. The van der Waals surface area contributed by atoms with Gasteiger partial charge in [0.1, 0.15) is 0 Å². The Kier molecular flexibility index (Phi) is 6.37. The molecule has 1 saturated heterocycles. The van der Waals surface area contributed by atoms with Crippen molar-refractivity contribution in [3.63, 3.8) is 0 Å². The Balaban J connectivity index is 1.62. The Labute approximate surface area is 164 Å². The van der Waals surface area contributed by atoms with Crippen LogP contribution in [0.25, 0.3) is 0 Å². The first-order valence-electron chi connectivity index (χ1n) is 9.49. The SMILES string of the molecule is CC(=NNC(=O)c1ccc([N+](=O)[O-])cc1)c1ccc(N2CCCCCC2)cc1. The first-order chi connectivity index (χ1) is 13.5. The highest BCUT2D eigenvalue weighted by Crippen LogP contribution is 2.20. The minimum absolute atomic E-state index is 0.0549. The van der Waals surface area contributed by atoms with E-state index >= 15 is 0 Å². The van der Waals surface area contributed by atoms with Crippen molar-refractivity contribution in [2.45, 2.75) is 32.6 Å². The molecule has 1 fully saturated rings. The standard InChI is InChI=1S/C21H24N4O3/c1-16(22-23-21(26)18-8-12-20(13-9-18)25(27)28)17-6-10-19(11-7-17)24-14-4-2-3-5-15-24/h6-13H,2-5,14-15H2,1H3,(H,23,26). The fourth-order valence-corrected chi connectivity index (χ4v) is 3.24. The molecule has 28 heavy (non-hydrogen) atoms. The Morgan fingerprint density at radius 3 is 2.11 bits per heavy atom. The topological polar surface area (TPSA) is 87.8 Å².